The summed E-state index contributed by atoms with van der Waals surface area (Å²) in [6, 6.07) is 1.50. The number of anilines is 1. The van der Waals surface area contributed by atoms with Crippen LogP contribution >= 0.6 is 0 Å². The monoisotopic (exact) mass is 265 g/mol. The Morgan fingerprint density at radius 1 is 1.53 bits per heavy atom. The minimum atomic E-state index is -0.702. The van der Waals surface area contributed by atoms with Gasteiger partial charge in [0.2, 0.25) is 0 Å². The molecule has 1 N–H and O–H groups in total. The van der Waals surface area contributed by atoms with Crippen molar-refractivity contribution in [3.63, 3.8) is 0 Å². The first-order valence-electron chi connectivity index (χ1n) is 6.37. The van der Waals surface area contributed by atoms with Crippen LogP contribution in [0.4, 0.5) is 5.69 Å². The van der Waals surface area contributed by atoms with E-state index < -0.39 is 5.60 Å². The third-order valence-corrected chi connectivity index (χ3v) is 3.20. The Morgan fingerprint density at radius 3 is 2.63 bits per heavy atom. The van der Waals surface area contributed by atoms with Gasteiger partial charge in [-0.25, -0.2) is 4.68 Å². The van der Waals surface area contributed by atoms with E-state index in [0.717, 1.165) is 11.4 Å². The van der Waals surface area contributed by atoms with Gasteiger partial charge in [-0.3, -0.25) is 4.79 Å². The van der Waals surface area contributed by atoms with Gasteiger partial charge in [-0.2, -0.15) is 5.10 Å². The highest BCUT2D eigenvalue weighted by Crippen LogP contribution is 2.31. The van der Waals surface area contributed by atoms with Gasteiger partial charge < -0.3 is 14.8 Å². The van der Waals surface area contributed by atoms with Crippen molar-refractivity contribution in [2.24, 2.45) is 0 Å². The van der Waals surface area contributed by atoms with Crippen molar-refractivity contribution in [2.75, 3.05) is 18.0 Å². The van der Waals surface area contributed by atoms with E-state index in [1.807, 2.05) is 18.7 Å². The molecule has 6 heteroatoms. The summed E-state index contributed by atoms with van der Waals surface area (Å²) in [5.41, 5.74) is 0.537. The van der Waals surface area contributed by atoms with Crippen molar-refractivity contribution < 1.29 is 9.90 Å². The molecule has 2 rings (SSSR count). The molecule has 2 heterocycles. The van der Waals surface area contributed by atoms with E-state index in [-0.39, 0.29) is 18.0 Å². The van der Waals surface area contributed by atoms with Crippen LogP contribution in [0.15, 0.2) is 10.9 Å². The Hall–Kier alpha value is -1.69. The fraction of sp³-hybridized carbons (Fsp3) is 0.615. The van der Waals surface area contributed by atoms with Gasteiger partial charge in [0.05, 0.1) is 17.0 Å². The molecule has 1 saturated heterocycles. The lowest BCUT2D eigenvalue weighted by atomic mass is 9.95. The number of carbonyl (C=O) groups is 1. The molecule has 0 saturated carbocycles. The second-order valence-corrected chi connectivity index (χ2v) is 5.61. The lowest BCUT2D eigenvalue weighted by Crippen LogP contribution is -2.60. The van der Waals surface area contributed by atoms with Crippen molar-refractivity contribution in [3.05, 3.63) is 22.1 Å². The van der Waals surface area contributed by atoms with E-state index in [1.165, 1.54) is 10.7 Å². The first-order chi connectivity index (χ1) is 8.84. The molecule has 0 atom stereocenters. The molecule has 1 aromatic rings. The molecule has 0 aromatic carbocycles. The van der Waals surface area contributed by atoms with E-state index in [1.54, 1.807) is 6.92 Å². The number of β-amino-alcohol motifs (C(OH)–C–C–N with tert-alkyl or cyclic N) is 1. The molecule has 0 radical (unpaired) electrons. The quantitative estimate of drug-likeness (QED) is 0.784. The number of aliphatic hydroxyl groups is 1. The Labute approximate surface area is 111 Å². The van der Waals surface area contributed by atoms with Crippen LogP contribution in [0.1, 0.15) is 32.4 Å². The van der Waals surface area contributed by atoms with Crippen LogP contribution in [-0.4, -0.2) is 39.9 Å². The van der Waals surface area contributed by atoms with Crippen LogP contribution in [0, 0.1) is 0 Å². The number of hydrogen-bond donors (Lipinski definition) is 1. The number of nitrogens with zero attached hydrogens (tertiary/aromatic N) is 3. The van der Waals surface area contributed by atoms with Gasteiger partial charge >= 0.3 is 0 Å². The molecule has 104 valence electrons. The highest BCUT2D eigenvalue weighted by molar-refractivity contribution is 5.55. The second kappa shape index (κ2) is 4.77. The predicted molar refractivity (Wildman–Crippen MR) is 71.5 cm³/mol. The molecule has 0 spiro atoms. The molecule has 6 nitrogen and oxygen atoms in total. The summed E-state index contributed by atoms with van der Waals surface area (Å²) in [6.45, 7) is 6.69. The topological polar surface area (TPSA) is 75.4 Å². The predicted octanol–water partition coefficient (Wildman–Crippen LogP) is 0.137. The normalized spacial score (nSPS) is 17.4. The maximum Gasteiger partial charge on any atom is 0.269 e. The molecular weight excluding hydrogens is 246 g/mol. The number of hydrogen-bond acceptors (Lipinski definition) is 5. The fourth-order valence-electron chi connectivity index (χ4n) is 2.31. The van der Waals surface area contributed by atoms with Crippen LogP contribution in [-0.2, 0) is 11.3 Å². The molecule has 0 aliphatic carbocycles. The third-order valence-electron chi connectivity index (χ3n) is 3.20. The smallest absolute Gasteiger partial charge is 0.269 e. The summed E-state index contributed by atoms with van der Waals surface area (Å²) in [4.78, 5) is 24.3. The first kappa shape index (κ1) is 13.7. The Morgan fingerprint density at radius 2 is 2.16 bits per heavy atom. The van der Waals surface area contributed by atoms with Crippen molar-refractivity contribution in [1.82, 2.24) is 9.78 Å². The van der Waals surface area contributed by atoms with Crippen molar-refractivity contribution in [3.8, 4) is 0 Å². The zero-order valence-corrected chi connectivity index (χ0v) is 11.5. The van der Waals surface area contributed by atoms with Gasteiger partial charge in [0.25, 0.3) is 5.56 Å². The standard InChI is InChI=1S/C13H19N3O3/c1-9(2)12-10(15-7-13(3,19)8-15)6-11(18)16(14-12)4-5-17/h5-6,9,19H,4,7-8H2,1-3H3. The number of rotatable bonds is 4. The van der Waals surface area contributed by atoms with Crippen molar-refractivity contribution >= 4 is 12.0 Å². The molecular formula is C13H19N3O3. The minimum absolute atomic E-state index is 0.0312. The van der Waals surface area contributed by atoms with E-state index in [2.05, 4.69) is 5.10 Å². The zero-order valence-electron chi connectivity index (χ0n) is 11.5. The largest absolute Gasteiger partial charge is 0.386 e. The van der Waals surface area contributed by atoms with Gasteiger partial charge in [-0.1, -0.05) is 13.8 Å². The van der Waals surface area contributed by atoms with Crippen molar-refractivity contribution in [2.45, 2.75) is 38.8 Å². The van der Waals surface area contributed by atoms with E-state index in [0.29, 0.717) is 19.4 Å². The van der Waals surface area contributed by atoms with Crippen molar-refractivity contribution in [1.29, 1.82) is 0 Å². The van der Waals surface area contributed by atoms with Gasteiger partial charge in [-0.15, -0.1) is 0 Å². The number of aldehydes is 1. The minimum Gasteiger partial charge on any atom is -0.386 e. The van der Waals surface area contributed by atoms with Gasteiger partial charge in [0.15, 0.2) is 0 Å². The summed E-state index contributed by atoms with van der Waals surface area (Å²) in [5.74, 6) is 0.138. The Balaban J connectivity index is 2.40. The summed E-state index contributed by atoms with van der Waals surface area (Å²) >= 11 is 0. The number of carbonyl (C=O) groups excluding carboxylic acids is 1. The average Bonchev–Trinajstić information content (AvgIpc) is 2.28. The molecule has 0 unspecified atom stereocenters. The SMILES string of the molecule is CC(C)c1nn(CC=O)c(=O)cc1N1CC(C)(O)C1. The first-order valence-corrected chi connectivity index (χ1v) is 6.37. The molecule has 0 amide bonds. The summed E-state index contributed by atoms with van der Waals surface area (Å²) in [6.07, 6.45) is 0.659. The lowest BCUT2D eigenvalue weighted by Gasteiger charge is -2.46. The highest BCUT2D eigenvalue weighted by atomic mass is 16.3. The maximum atomic E-state index is 11.9. The van der Waals surface area contributed by atoms with Gasteiger partial charge in [-0.05, 0) is 12.8 Å². The second-order valence-electron chi connectivity index (χ2n) is 5.61. The molecule has 1 fully saturated rings. The van der Waals surface area contributed by atoms with Crippen LogP contribution in [0.2, 0.25) is 0 Å². The highest BCUT2D eigenvalue weighted by Gasteiger charge is 2.38. The zero-order chi connectivity index (χ0) is 14.2. The van der Waals surface area contributed by atoms with Gasteiger partial charge in [0.1, 0.15) is 12.8 Å². The molecule has 1 aliphatic rings. The molecule has 1 aromatic heterocycles. The van der Waals surface area contributed by atoms with E-state index in [9.17, 15) is 14.7 Å². The van der Waals surface area contributed by atoms with Crippen LogP contribution in [0.3, 0.4) is 0 Å². The summed E-state index contributed by atoms with van der Waals surface area (Å²) in [5, 5.41) is 14.1. The maximum absolute atomic E-state index is 11.9. The lowest BCUT2D eigenvalue weighted by molar-refractivity contribution is -0.108. The van der Waals surface area contributed by atoms with Crippen LogP contribution in [0.5, 0.6) is 0 Å². The average molecular weight is 265 g/mol. The van der Waals surface area contributed by atoms with E-state index in [4.69, 9.17) is 0 Å². The molecule has 0 bridgehead atoms. The summed E-state index contributed by atoms with van der Waals surface area (Å²) in [7, 11) is 0. The third kappa shape index (κ3) is 2.68. The molecule has 1 aliphatic heterocycles. The van der Waals surface area contributed by atoms with Crippen LogP contribution in [0.25, 0.3) is 0 Å². The number of aromatic nitrogens is 2. The fourth-order valence-corrected chi connectivity index (χ4v) is 2.31. The van der Waals surface area contributed by atoms with E-state index >= 15 is 0 Å². The Kier molecular flexibility index (Phi) is 3.45. The molecule has 19 heavy (non-hydrogen) atoms. The van der Waals surface area contributed by atoms with Crippen LogP contribution < -0.4 is 10.5 Å². The Bertz CT molecular complexity index is 541. The van der Waals surface area contributed by atoms with Gasteiger partial charge in [0, 0.05) is 19.2 Å². The summed E-state index contributed by atoms with van der Waals surface area (Å²) < 4.78 is 1.17.